The van der Waals surface area contributed by atoms with Gasteiger partial charge in [-0.2, -0.15) is 0 Å². The molecule has 0 saturated carbocycles. The predicted molar refractivity (Wildman–Crippen MR) is 102 cm³/mol. The molecule has 7 heteroatoms. The van der Waals surface area contributed by atoms with E-state index in [1.54, 1.807) is 26.0 Å². The fourth-order valence-corrected chi connectivity index (χ4v) is 4.02. The molecule has 1 unspecified atom stereocenters. The van der Waals surface area contributed by atoms with Crippen LogP contribution >= 0.6 is 0 Å². The number of likely N-dealkylation sites (tertiary alicyclic amines) is 1. The smallest absolute Gasteiger partial charge is 0.312 e. The van der Waals surface area contributed by atoms with Gasteiger partial charge in [0.25, 0.3) is 0 Å². The minimum absolute atomic E-state index is 0.125. The van der Waals surface area contributed by atoms with Crippen LogP contribution in [0.25, 0.3) is 0 Å². The third kappa shape index (κ3) is 4.76. The zero-order valence-electron chi connectivity index (χ0n) is 16.4. The summed E-state index contributed by atoms with van der Waals surface area (Å²) in [5.74, 6) is -0.366. The topological polar surface area (TPSA) is 68.2 Å². The first kappa shape index (κ1) is 20.5. The van der Waals surface area contributed by atoms with E-state index in [2.05, 4.69) is 10.1 Å². The molecule has 0 bridgehead atoms. The number of piperidine rings is 1. The van der Waals surface area contributed by atoms with Crippen molar-refractivity contribution in [3.63, 3.8) is 0 Å². The normalized spacial score (nSPS) is 21.7. The maximum Gasteiger partial charge on any atom is 0.312 e. The van der Waals surface area contributed by atoms with Gasteiger partial charge in [-0.15, -0.1) is 0 Å². The van der Waals surface area contributed by atoms with Gasteiger partial charge in [0, 0.05) is 12.8 Å². The Morgan fingerprint density at radius 1 is 1.29 bits per heavy atom. The molecule has 2 aliphatic rings. The first-order valence-corrected chi connectivity index (χ1v) is 9.79. The van der Waals surface area contributed by atoms with Crippen LogP contribution in [0.3, 0.4) is 0 Å². The predicted octanol–water partition coefficient (Wildman–Crippen LogP) is 2.94. The molecule has 1 aromatic rings. The van der Waals surface area contributed by atoms with E-state index in [9.17, 15) is 14.0 Å². The van der Waals surface area contributed by atoms with Gasteiger partial charge in [-0.05, 0) is 57.5 Å². The third-order valence-corrected chi connectivity index (χ3v) is 5.50. The van der Waals surface area contributed by atoms with Crippen molar-refractivity contribution >= 4 is 17.5 Å². The molecule has 6 nitrogen and oxygen atoms in total. The largest absolute Gasteiger partial charge is 0.466 e. The molecular formula is C21H27FN2O4. The molecule has 1 fully saturated rings. The summed E-state index contributed by atoms with van der Waals surface area (Å²) in [4.78, 5) is 31.9. The summed E-state index contributed by atoms with van der Waals surface area (Å²) in [5.41, 5.74) is 0.963. The van der Waals surface area contributed by atoms with Gasteiger partial charge in [-0.1, -0.05) is 17.3 Å². The molecular weight excluding hydrogens is 363 g/mol. The summed E-state index contributed by atoms with van der Waals surface area (Å²) in [6, 6.07) is 6.16. The Hall–Kier alpha value is -2.28. The number of hydrogen-bond acceptors (Lipinski definition) is 6. The van der Waals surface area contributed by atoms with Crippen LogP contribution in [0.5, 0.6) is 0 Å². The Morgan fingerprint density at radius 2 is 1.96 bits per heavy atom. The van der Waals surface area contributed by atoms with Crippen molar-refractivity contribution in [3.8, 4) is 0 Å². The monoisotopic (exact) mass is 390 g/mol. The zero-order valence-corrected chi connectivity index (χ0v) is 16.4. The van der Waals surface area contributed by atoms with Crippen LogP contribution in [-0.2, 0) is 19.2 Å². The van der Waals surface area contributed by atoms with E-state index in [0.29, 0.717) is 51.9 Å². The van der Waals surface area contributed by atoms with E-state index in [4.69, 9.17) is 9.57 Å². The molecule has 1 atom stereocenters. The Kier molecular flexibility index (Phi) is 6.44. The molecule has 2 aliphatic heterocycles. The number of nitrogens with zero attached hydrogens (tertiary/aromatic N) is 2. The van der Waals surface area contributed by atoms with Crippen LogP contribution in [0, 0.1) is 11.2 Å². The summed E-state index contributed by atoms with van der Waals surface area (Å²) >= 11 is 0. The van der Waals surface area contributed by atoms with E-state index < -0.39 is 5.41 Å². The highest BCUT2D eigenvalue weighted by molar-refractivity contribution is 6.01. The number of rotatable bonds is 7. The van der Waals surface area contributed by atoms with Gasteiger partial charge in [0.15, 0.2) is 0 Å². The maximum absolute atomic E-state index is 13.1. The molecule has 1 aromatic carbocycles. The summed E-state index contributed by atoms with van der Waals surface area (Å²) in [5, 5.41) is 4.16. The van der Waals surface area contributed by atoms with Crippen molar-refractivity contribution in [2.24, 2.45) is 10.6 Å². The maximum atomic E-state index is 13.1. The number of Topliss-reactive ketones (excluding diaryl/α,β-unsaturated/α-hetero) is 1. The molecule has 0 radical (unpaired) electrons. The number of ether oxygens (including phenoxy) is 1. The number of ketones is 1. The van der Waals surface area contributed by atoms with Gasteiger partial charge in [0.05, 0.1) is 24.3 Å². The van der Waals surface area contributed by atoms with Crippen molar-refractivity contribution in [1.82, 2.24) is 4.90 Å². The summed E-state index contributed by atoms with van der Waals surface area (Å²) in [7, 11) is 0. The number of carbonyl (C=O) groups is 2. The van der Waals surface area contributed by atoms with Gasteiger partial charge in [0.2, 0.25) is 0 Å². The lowest BCUT2D eigenvalue weighted by Crippen LogP contribution is -2.47. The van der Waals surface area contributed by atoms with Crippen molar-refractivity contribution in [1.29, 1.82) is 0 Å². The van der Waals surface area contributed by atoms with E-state index >= 15 is 0 Å². The van der Waals surface area contributed by atoms with Crippen LogP contribution < -0.4 is 0 Å². The lowest BCUT2D eigenvalue weighted by atomic mass is 9.73. The zero-order chi connectivity index (χ0) is 20.1. The van der Waals surface area contributed by atoms with Crippen molar-refractivity contribution in [3.05, 3.63) is 35.6 Å². The number of carbonyl (C=O) groups excluding carboxylic acids is 2. The lowest BCUT2D eigenvalue weighted by molar-refractivity contribution is -0.161. The fraction of sp³-hybridized carbons (Fsp3) is 0.571. The summed E-state index contributed by atoms with van der Waals surface area (Å²) < 4.78 is 18.5. The van der Waals surface area contributed by atoms with Crippen LogP contribution in [0.15, 0.2) is 29.4 Å². The minimum atomic E-state index is -0.623. The van der Waals surface area contributed by atoms with E-state index in [-0.39, 0.29) is 23.7 Å². The van der Waals surface area contributed by atoms with Crippen molar-refractivity contribution in [2.45, 2.75) is 45.6 Å². The molecule has 3 rings (SSSR count). The van der Waals surface area contributed by atoms with Crippen LogP contribution in [0.1, 0.15) is 45.1 Å². The Morgan fingerprint density at radius 3 is 2.57 bits per heavy atom. The fourth-order valence-electron chi connectivity index (χ4n) is 4.02. The van der Waals surface area contributed by atoms with Crippen molar-refractivity contribution in [2.75, 3.05) is 26.2 Å². The molecule has 0 amide bonds. The van der Waals surface area contributed by atoms with E-state index in [1.807, 2.05) is 0 Å². The summed E-state index contributed by atoms with van der Waals surface area (Å²) in [6.45, 7) is 5.48. The first-order chi connectivity index (χ1) is 13.4. The number of benzene rings is 1. The molecule has 0 N–H and O–H groups in total. The highest BCUT2D eigenvalue weighted by Crippen LogP contribution is 2.40. The number of halogens is 1. The summed E-state index contributed by atoms with van der Waals surface area (Å²) in [6.07, 6.45) is 2.14. The van der Waals surface area contributed by atoms with Crippen LogP contribution in [0.2, 0.25) is 0 Å². The molecule has 2 heterocycles. The molecule has 0 aliphatic carbocycles. The highest BCUT2D eigenvalue weighted by Gasteiger charge is 2.45. The average molecular weight is 390 g/mol. The molecule has 28 heavy (non-hydrogen) atoms. The molecule has 0 aromatic heterocycles. The van der Waals surface area contributed by atoms with Gasteiger partial charge in [-0.25, -0.2) is 4.39 Å². The average Bonchev–Trinajstić information content (AvgIpc) is 3.12. The molecule has 0 spiro atoms. The van der Waals surface area contributed by atoms with Gasteiger partial charge < -0.3 is 9.57 Å². The number of oxime groups is 1. The Balaban J connectivity index is 1.65. The van der Waals surface area contributed by atoms with Gasteiger partial charge >= 0.3 is 5.97 Å². The molecule has 1 saturated heterocycles. The van der Waals surface area contributed by atoms with Crippen molar-refractivity contribution < 1.29 is 23.6 Å². The number of esters is 1. The minimum Gasteiger partial charge on any atom is -0.466 e. The van der Waals surface area contributed by atoms with Crippen LogP contribution in [-0.4, -0.2) is 54.7 Å². The standard InChI is InChI=1S/C21H27FN2O4/c1-3-27-20(26)21(8-10-24(11-9-21)14-15(2)25)13-18-12-19(23-28-18)16-4-6-17(22)7-5-16/h4-7,18H,3,8-14H2,1-2H3. The Labute approximate surface area is 164 Å². The lowest BCUT2D eigenvalue weighted by Gasteiger charge is -2.40. The van der Waals surface area contributed by atoms with E-state index in [0.717, 1.165) is 11.3 Å². The van der Waals surface area contributed by atoms with E-state index in [1.165, 1.54) is 12.1 Å². The second-order valence-electron chi connectivity index (χ2n) is 7.66. The first-order valence-electron chi connectivity index (χ1n) is 9.79. The SMILES string of the molecule is CCOC(=O)C1(CC2CC(c3ccc(F)cc3)=NO2)CCN(CC(C)=O)CC1. The third-order valence-electron chi connectivity index (χ3n) is 5.50. The van der Waals surface area contributed by atoms with Gasteiger partial charge in [0.1, 0.15) is 17.7 Å². The highest BCUT2D eigenvalue weighted by atomic mass is 19.1. The Bertz CT molecular complexity index is 739. The second-order valence-corrected chi connectivity index (χ2v) is 7.66. The second kappa shape index (κ2) is 8.82. The number of hydrogen-bond donors (Lipinski definition) is 0. The quantitative estimate of drug-likeness (QED) is 0.670. The van der Waals surface area contributed by atoms with Gasteiger partial charge in [-0.3, -0.25) is 14.5 Å². The van der Waals surface area contributed by atoms with Crippen LogP contribution in [0.4, 0.5) is 4.39 Å². The molecule has 152 valence electrons.